The molecule has 2 nitrogen and oxygen atoms in total. The Bertz CT molecular complexity index is 716. The number of anilines is 1. The molecule has 0 radical (unpaired) electrons. The normalized spacial score (nSPS) is 10.6. The molecule has 0 unspecified atom stereocenters. The summed E-state index contributed by atoms with van der Waals surface area (Å²) in [5.74, 6) is 0.885. The van der Waals surface area contributed by atoms with Crippen molar-refractivity contribution in [2.45, 2.75) is 13.5 Å². The van der Waals surface area contributed by atoms with Crippen molar-refractivity contribution >= 4 is 28.4 Å². The summed E-state index contributed by atoms with van der Waals surface area (Å²) < 4.78 is 5.40. The fourth-order valence-electron chi connectivity index (χ4n) is 2.19. The third-order valence-electron chi connectivity index (χ3n) is 3.27. The van der Waals surface area contributed by atoms with Crippen LogP contribution in [0.15, 0.2) is 47.2 Å². The summed E-state index contributed by atoms with van der Waals surface area (Å²) in [5.41, 5.74) is 3.58. The van der Waals surface area contributed by atoms with Crippen molar-refractivity contribution in [1.29, 1.82) is 0 Å². The summed E-state index contributed by atoms with van der Waals surface area (Å²) >= 11 is 3.57. The molecule has 3 aromatic rings. The molecule has 1 aromatic carbocycles. The van der Waals surface area contributed by atoms with Crippen LogP contribution in [-0.4, -0.2) is 7.11 Å². The second kappa shape index (κ2) is 6.33. The first-order valence-corrected chi connectivity index (χ1v) is 8.52. The first kappa shape index (κ1) is 14.2. The van der Waals surface area contributed by atoms with Crippen LogP contribution in [-0.2, 0) is 6.54 Å². The minimum Gasteiger partial charge on any atom is -0.495 e. The van der Waals surface area contributed by atoms with Gasteiger partial charge in [0.25, 0.3) is 0 Å². The number of aryl methyl sites for hydroxylation is 1. The fourth-order valence-corrected chi connectivity index (χ4v) is 3.80. The van der Waals surface area contributed by atoms with Crippen molar-refractivity contribution < 1.29 is 4.74 Å². The molecule has 0 aliphatic carbocycles. The first-order valence-electron chi connectivity index (χ1n) is 6.76. The number of ether oxygens (including phenoxy) is 1. The van der Waals surface area contributed by atoms with E-state index in [4.69, 9.17) is 4.74 Å². The molecule has 3 rings (SSSR count). The molecule has 21 heavy (non-hydrogen) atoms. The lowest BCUT2D eigenvalue weighted by Gasteiger charge is -2.11. The van der Waals surface area contributed by atoms with E-state index in [1.54, 1.807) is 29.8 Å². The minimum absolute atomic E-state index is 0.815. The molecule has 1 N–H and O–H groups in total. The van der Waals surface area contributed by atoms with E-state index in [9.17, 15) is 0 Å². The van der Waals surface area contributed by atoms with Gasteiger partial charge in [0.1, 0.15) is 5.75 Å². The van der Waals surface area contributed by atoms with E-state index in [1.807, 2.05) is 6.07 Å². The van der Waals surface area contributed by atoms with E-state index in [0.29, 0.717) is 0 Å². The van der Waals surface area contributed by atoms with Gasteiger partial charge >= 0.3 is 0 Å². The highest BCUT2D eigenvalue weighted by atomic mass is 32.1. The maximum absolute atomic E-state index is 5.40. The zero-order chi connectivity index (χ0) is 14.7. The third-order valence-corrected chi connectivity index (χ3v) is 5.12. The Morgan fingerprint density at radius 2 is 2.05 bits per heavy atom. The van der Waals surface area contributed by atoms with Crippen LogP contribution in [0.5, 0.6) is 5.75 Å². The Hall–Kier alpha value is -1.78. The Balaban J connectivity index is 1.72. The standard InChI is InChI=1S/C17H17NOS2/c1-12-5-6-16(19-2)15(8-12)18-10-14-9-13(11-21-14)17-4-3-7-20-17/h3-9,11,18H,10H2,1-2H3. The average molecular weight is 315 g/mol. The molecule has 2 aromatic heterocycles. The SMILES string of the molecule is COc1ccc(C)cc1NCc1cc(-c2cccs2)cs1. The fraction of sp³-hybridized carbons (Fsp3) is 0.176. The number of thiophene rings is 2. The van der Waals surface area contributed by atoms with Gasteiger partial charge in [-0.2, -0.15) is 0 Å². The summed E-state index contributed by atoms with van der Waals surface area (Å²) in [6, 6.07) is 12.7. The van der Waals surface area contributed by atoms with Crippen LogP contribution in [0, 0.1) is 6.92 Å². The number of hydrogen-bond acceptors (Lipinski definition) is 4. The van der Waals surface area contributed by atoms with Crippen molar-refractivity contribution in [3.05, 3.63) is 57.6 Å². The summed E-state index contributed by atoms with van der Waals surface area (Å²) in [6.45, 7) is 2.90. The highest BCUT2D eigenvalue weighted by molar-refractivity contribution is 7.14. The molecule has 0 saturated carbocycles. The molecule has 108 valence electrons. The predicted molar refractivity (Wildman–Crippen MR) is 92.7 cm³/mol. The van der Waals surface area contributed by atoms with Crippen LogP contribution in [0.25, 0.3) is 10.4 Å². The minimum atomic E-state index is 0.815. The zero-order valence-corrected chi connectivity index (χ0v) is 13.7. The highest BCUT2D eigenvalue weighted by Gasteiger charge is 2.06. The van der Waals surface area contributed by atoms with E-state index >= 15 is 0 Å². The maximum Gasteiger partial charge on any atom is 0.141 e. The highest BCUT2D eigenvalue weighted by Crippen LogP contribution is 2.31. The summed E-state index contributed by atoms with van der Waals surface area (Å²) in [4.78, 5) is 2.65. The predicted octanol–water partition coefficient (Wildman–Crippen LogP) is 5.41. The van der Waals surface area contributed by atoms with Crippen LogP contribution in [0.4, 0.5) is 5.69 Å². The second-order valence-corrected chi connectivity index (χ2v) is 6.78. The lowest BCUT2D eigenvalue weighted by molar-refractivity contribution is 0.416. The molecule has 0 spiro atoms. The summed E-state index contributed by atoms with van der Waals surface area (Å²) in [7, 11) is 1.70. The van der Waals surface area contributed by atoms with E-state index in [0.717, 1.165) is 18.0 Å². The van der Waals surface area contributed by atoms with Crippen molar-refractivity contribution in [1.82, 2.24) is 0 Å². The van der Waals surface area contributed by atoms with E-state index in [2.05, 4.69) is 53.3 Å². The van der Waals surface area contributed by atoms with Crippen molar-refractivity contribution in [3.8, 4) is 16.2 Å². The number of rotatable bonds is 5. The molecular weight excluding hydrogens is 298 g/mol. The number of nitrogens with one attached hydrogen (secondary N) is 1. The molecule has 0 atom stereocenters. The lowest BCUT2D eigenvalue weighted by Crippen LogP contribution is -2.00. The van der Waals surface area contributed by atoms with E-state index in [-0.39, 0.29) is 0 Å². The Morgan fingerprint density at radius 3 is 2.81 bits per heavy atom. The Morgan fingerprint density at radius 1 is 1.14 bits per heavy atom. The molecule has 0 fully saturated rings. The Kier molecular flexibility index (Phi) is 4.27. The molecule has 0 aliphatic heterocycles. The van der Waals surface area contributed by atoms with Gasteiger partial charge in [-0.15, -0.1) is 22.7 Å². The second-order valence-electron chi connectivity index (χ2n) is 4.84. The van der Waals surface area contributed by atoms with Gasteiger partial charge in [-0.25, -0.2) is 0 Å². The van der Waals surface area contributed by atoms with Gasteiger partial charge in [0, 0.05) is 21.9 Å². The third kappa shape index (κ3) is 3.28. The average Bonchev–Trinajstić information content (AvgIpc) is 3.16. The lowest BCUT2D eigenvalue weighted by atomic mass is 10.2. The number of benzene rings is 1. The van der Waals surface area contributed by atoms with E-state index in [1.165, 1.54) is 20.9 Å². The van der Waals surface area contributed by atoms with Crippen molar-refractivity contribution in [2.75, 3.05) is 12.4 Å². The van der Waals surface area contributed by atoms with Gasteiger partial charge in [-0.05, 0) is 47.5 Å². The first-order chi connectivity index (χ1) is 10.3. The maximum atomic E-state index is 5.40. The van der Waals surface area contributed by atoms with Crippen LogP contribution in [0.1, 0.15) is 10.4 Å². The zero-order valence-electron chi connectivity index (χ0n) is 12.1. The molecule has 2 heterocycles. The molecular formula is C17H17NOS2. The Labute approximate surface area is 133 Å². The van der Waals surface area contributed by atoms with Gasteiger partial charge in [-0.3, -0.25) is 0 Å². The number of methoxy groups -OCH3 is 1. The summed E-state index contributed by atoms with van der Waals surface area (Å²) in [6.07, 6.45) is 0. The number of hydrogen-bond donors (Lipinski definition) is 1. The van der Waals surface area contributed by atoms with Crippen LogP contribution >= 0.6 is 22.7 Å². The largest absolute Gasteiger partial charge is 0.495 e. The van der Waals surface area contributed by atoms with Gasteiger partial charge in [-0.1, -0.05) is 12.1 Å². The smallest absolute Gasteiger partial charge is 0.141 e. The van der Waals surface area contributed by atoms with Gasteiger partial charge < -0.3 is 10.1 Å². The quantitative estimate of drug-likeness (QED) is 0.680. The van der Waals surface area contributed by atoms with Gasteiger partial charge in [0.15, 0.2) is 0 Å². The molecule has 0 bridgehead atoms. The molecule has 4 heteroatoms. The molecule has 0 saturated heterocycles. The van der Waals surface area contributed by atoms with Gasteiger partial charge in [0.05, 0.1) is 12.8 Å². The van der Waals surface area contributed by atoms with Crippen LogP contribution in [0.2, 0.25) is 0 Å². The monoisotopic (exact) mass is 315 g/mol. The molecule has 0 amide bonds. The van der Waals surface area contributed by atoms with Crippen molar-refractivity contribution in [2.24, 2.45) is 0 Å². The van der Waals surface area contributed by atoms with Crippen LogP contribution < -0.4 is 10.1 Å². The van der Waals surface area contributed by atoms with Crippen LogP contribution in [0.3, 0.4) is 0 Å². The van der Waals surface area contributed by atoms with E-state index < -0.39 is 0 Å². The van der Waals surface area contributed by atoms with Gasteiger partial charge in [0.2, 0.25) is 0 Å². The van der Waals surface area contributed by atoms with Crippen molar-refractivity contribution in [3.63, 3.8) is 0 Å². The summed E-state index contributed by atoms with van der Waals surface area (Å²) in [5, 5.41) is 7.80. The molecule has 0 aliphatic rings. The topological polar surface area (TPSA) is 21.3 Å².